The molecule has 2 fully saturated rings. The Balaban J connectivity index is 1.56. The number of hydrogen-bond donors (Lipinski definition) is 2. The number of nitrogens with one attached hydrogen (secondary N) is 2. The molecule has 2 aliphatic rings. The van der Waals surface area contributed by atoms with E-state index in [-0.39, 0.29) is 17.9 Å². The van der Waals surface area contributed by atoms with Crippen LogP contribution in [-0.4, -0.2) is 35.6 Å². The Morgan fingerprint density at radius 3 is 2.74 bits per heavy atom. The molecule has 0 radical (unpaired) electrons. The number of carbonyl (C=O) groups is 1. The quantitative estimate of drug-likeness (QED) is 0.835. The summed E-state index contributed by atoms with van der Waals surface area (Å²) >= 11 is 0. The van der Waals surface area contributed by atoms with Gasteiger partial charge in [0.15, 0.2) is 0 Å². The van der Waals surface area contributed by atoms with Gasteiger partial charge < -0.3 is 10.6 Å². The van der Waals surface area contributed by atoms with Crippen LogP contribution in [0.2, 0.25) is 0 Å². The molecule has 2 saturated heterocycles. The second kappa shape index (κ2) is 7.13. The largest absolute Gasteiger partial charge is 0.335 e. The third-order valence-electron chi connectivity index (χ3n) is 4.88. The van der Waals surface area contributed by atoms with Crippen LogP contribution >= 0.6 is 0 Å². The minimum atomic E-state index is -0.352. The van der Waals surface area contributed by atoms with Gasteiger partial charge in [-0.1, -0.05) is 18.6 Å². The van der Waals surface area contributed by atoms with E-state index in [0.29, 0.717) is 17.8 Å². The minimum absolute atomic E-state index is 0.180. The van der Waals surface area contributed by atoms with E-state index in [4.69, 9.17) is 0 Å². The number of carbonyl (C=O) groups excluding carboxylic acids is 1. The molecule has 2 heterocycles. The van der Waals surface area contributed by atoms with E-state index in [1.165, 1.54) is 31.4 Å². The second-order valence-electron chi connectivity index (χ2n) is 6.50. The van der Waals surface area contributed by atoms with Gasteiger partial charge in [0.1, 0.15) is 5.82 Å². The summed E-state index contributed by atoms with van der Waals surface area (Å²) in [5, 5.41) is 5.77. The molecule has 0 aliphatic carbocycles. The summed E-state index contributed by atoms with van der Waals surface area (Å²) < 4.78 is 13.2. The highest BCUT2D eigenvalue weighted by Gasteiger charge is 2.37. The molecule has 2 amide bonds. The molecule has 124 valence electrons. The molecule has 0 saturated carbocycles. The fourth-order valence-corrected chi connectivity index (χ4v) is 3.96. The molecule has 1 aromatic rings. The number of hydrogen-bond acceptors (Lipinski definition) is 2. The van der Waals surface area contributed by atoms with Crippen molar-refractivity contribution in [1.29, 1.82) is 0 Å². The lowest BCUT2D eigenvalue weighted by Gasteiger charge is -2.48. The van der Waals surface area contributed by atoms with Crippen LogP contribution in [0, 0.1) is 5.82 Å². The standard InChI is InChI=1S/C18H24FN3O/c1-2-9-22-16-7-4-8-17(22)12-15(11-16)21-18(23)20-14-6-3-5-13(19)10-14/h2-3,5-6,10,15-17H,1,4,7-9,11-12H2,(H2,20,21,23)/t16-,17-/m0/s1. The zero-order valence-electron chi connectivity index (χ0n) is 13.3. The predicted molar refractivity (Wildman–Crippen MR) is 89.9 cm³/mol. The van der Waals surface area contributed by atoms with E-state index in [0.717, 1.165) is 19.4 Å². The number of amides is 2. The highest BCUT2D eigenvalue weighted by Crippen LogP contribution is 2.33. The van der Waals surface area contributed by atoms with Crippen molar-refractivity contribution in [2.45, 2.75) is 50.2 Å². The summed E-state index contributed by atoms with van der Waals surface area (Å²) in [4.78, 5) is 14.7. The van der Waals surface area contributed by atoms with Crippen molar-refractivity contribution in [1.82, 2.24) is 10.2 Å². The Morgan fingerprint density at radius 1 is 1.35 bits per heavy atom. The van der Waals surface area contributed by atoms with Gasteiger partial charge in [0, 0.05) is 30.4 Å². The third kappa shape index (κ3) is 3.91. The van der Waals surface area contributed by atoms with Crippen LogP contribution in [0.25, 0.3) is 0 Å². The van der Waals surface area contributed by atoms with Crippen LogP contribution in [0.4, 0.5) is 14.9 Å². The average molecular weight is 317 g/mol. The Hall–Kier alpha value is -1.88. The number of halogens is 1. The zero-order chi connectivity index (χ0) is 16.2. The Morgan fingerprint density at radius 2 is 2.09 bits per heavy atom. The molecule has 4 nitrogen and oxygen atoms in total. The Bertz CT molecular complexity index is 563. The molecule has 2 aliphatic heterocycles. The third-order valence-corrected chi connectivity index (χ3v) is 4.88. The van der Waals surface area contributed by atoms with Gasteiger partial charge in [-0.2, -0.15) is 0 Å². The van der Waals surface area contributed by atoms with E-state index in [1.54, 1.807) is 12.1 Å². The first-order chi connectivity index (χ1) is 11.2. The molecule has 2 bridgehead atoms. The first kappa shape index (κ1) is 16.0. The first-order valence-electron chi connectivity index (χ1n) is 8.35. The maximum Gasteiger partial charge on any atom is 0.319 e. The summed E-state index contributed by atoms with van der Waals surface area (Å²) in [5.74, 6) is -0.352. The Kier molecular flexibility index (Phi) is 4.96. The molecular weight excluding hydrogens is 293 g/mol. The molecule has 0 aromatic heterocycles. The highest BCUT2D eigenvalue weighted by atomic mass is 19.1. The average Bonchev–Trinajstić information content (AvgIpc) is 2.48. The van der Waals surface area contributed by atoms with Crippen molar-refractivity contribution < 1.29 is 9.18 Å². The van der Waals surface area contributed by atoms with Crippen LogP contribution in [0.3, 0.4) is 0 Å². The summed E-state index contributed by atoms with van der Waals surface area (Å²) in [5.41, 5.74) is 0.479. The van der Waals surface area contributed by atoms with Gasteiger partial charge in [0.05, 0.1) is 0 Å². The van der Waals surface area contributed by atoms with E-state index >= 15 is 0 Å². The lowest BCUT2D eigenvalue weighted by molar-refractivity contribution is 0.0375. The van der Waals surface area contributed by atoms with Gasteiger partial charge in [0.25, 0.3) is 0 Å². The summed E-state index contributed by atoms with van der Waals surface area (Å²) in [6, 6.07) is 6.93. The highest BCUT2D eigenvalue weighted by molar-refractivity contribution is 5.89. The normalized spacial score (nSPS) is 27.3. The minimum Gasteiger partial charge on any atom is -0.335 e. The van der Waals surface area contributed by atoms with Gasteiger partial charge in [-0.05, 0) is 43.9 Å². The fraction of sp³-hybridized carbons (Fsp3) is 0.500. The van der Waals surface area contributed by atoms with E-state index in [9.17, 15) is 9.18 Å². The smallest absolute Gasteiger partial charge is 0.319 e. The number of urea groups is 1. The van der Waals surface area contributed by atoms with Gasteiger partial charge >= 0.3 is 6.03 Å². The lowest BCUT2D eigenvalue weighted by atomic mass is 9.82. The van der Waals surface area contributed by atoms with Crippen LogP contribution < -0.4 is 10.6 Å². The van der Waals surface area contributed by atoms with Gasteiger partial charge in [-0.25, -0.2) is 9.18 Å². The summed E-state index contributed by atoms with van der Waals surface area (Å²) in [6.07, 6.45) is 7.56. The number of rotatable bonds is 4. The SMILES string of the molecule is C=CCN1[C@H]2CCC[C@H]1CC(NC(=O)Nc1cccc(F)c1)C2. The number of nitrogens with zero attached hydrogens (tertiary/aromatic N) is 1. The lowest BCUT2D eigenvalue weighted by Crippen LogP contribution is -2.57. The molecule has 0 spiro atoms. The van der Waals surface area contributed by atoms with Gasteiger partial charge in [-0.3, -0.25) is 4.90 Å². The number of fused-ring (bicyclic) bond motifs is 2. The monoisotopic (exact) mass is 317 g/mol. The molecular formula is C18H24FN3O. The maximum atomic E-state index is 13.2. The number of benzene rings is 1. The van der Waals surface area contributed by atoms with Crippen LogP contribution in [0.15, 0.2) is 36.9 Å². The molecule has 23 heavy (non-hydrogen) atoms. The van der Waals surface area contributed by atoms with Crippen molar-refractivity contribution in [2.75, 3.05) is 11.9 Å². The summed E-state index contributed by atoms with van der Waals surface area (Å²) in [6.45, 7) is 4.78. The van der Waals surface area contributed by atoms with Crippen molar-refractivity contribution >= 4 is 11.7 Å². The second-order valence-corrected chi connectivity index (χ2v) is 6.50. The van der Waals surface area contributed by atoms with Crippen molar-refractivity contribution in [3.05, 3.63) is 42.7 Å². The van der Waals surface area contributed by atoms with E-state index < -0.39 is 0 Å². The van der Waals surface area contributed by atoms with Crippen LogP contribution in [0.1, 0.15) is 32.1 Å². The van der Waals surface area contributed by atoms with E-state index in [2.05, 4.69) is 22.1 Å². The molecule has 1 aromatic carbocycles. The molecule has 2 N–H and O–H groups in total. The van der Waals surface area contributed by atoms with Crippen molar-refractivity contribution in [3.63, 3.8) is 0 Å². The topological polar surface area (TPSA) is 44.4 Å². The van der Waals surface area contributed by atoms with Crippen LogP contribution in [0.5, 0.6) is 0 Å². The predicted octanol–water partition coefficient (Wildman–Crippen LogP) is 3.52. The van der Waals surface area contributed by atoms with E-state index in [1.807, 2.05) is 6.08 Å². The molecule has 3 rings (SSSR count). The van der Waals surface area contributed by atoms with Crippen molar-refractivity contribution in [3.8, 4) is 0 Å². The first-order valence-corrected chi connectivity index (χ1v) is 8.35. The summed E-state index contributed by atoms with van der Waals surface area (Å²) in [7, 11) is 0. The molecule has 5 heteroatoms. The van der Waals surface area contributed by atoms with Gasteiger partial charge in [-0.15, -0.1) is 6.58 Å². The maximum absolute atomic E-state index is 13.2. The number of anilines is 1. The zero-order valence-corrected chi connectivity index (χ0v) is 13.3. The van der Waals surface area contributed by atoms with Crippen LogP contribution in [-0.2, 0) is 0 Å². The number of piperidine rings is 2. The van der Waals surface area contributed by atoms with Gasteiger partial charge in [0.2, 0.25) is 0 Å². The fourth-order valence-electron chi connectivity index (χ4n) is 3.96. The van der Waals surface area contributed by atoms with Crippen molar-refractivity contribution in [2.24, 2.45) is 0 Å². The Labute approximate surface area is 136 Å². The molecule has 2 atom stereocenters. The molecule has 0 unspecified atom stereocenters.